The normalized spacial score (nSPS) is 12.6. The number of fused-ring (bicyclic) bond motifs is 1. The molecule has 1 aliphatic heterocycles. The molecule has 3 rings (SSSR count). The monoisotopic (exact) mass is 505 g/mol. The molecule has 37 heavy (non-hydrogen) atoms. The van der Waals surface area contributed by atoms with Crippen molar-refractivity contribution in [3.05, 3.63) is 52.1 Å². The van der Waals surface area contributed by atoms with Crippen molar-refractivity contribution in [2.24, 2.45) is 0 Å². The summed E-state index contributed by atoms with van der Waals surface area (Å²) in [6.45, 7) is 9.18. The summed E-state index contributed by atoms with van der Waals surface area (Å²) in [5.74, 6) is 0.852. The Morgan fingerprint density at radius 3 is 2.54 bits per heavy atom. The lowest BCUT2D eigenvalue weighted by Gasteiger charge is -2.26. The summed E-state index contributed by atoms with van der Waals surface area (Å²) in [6, 6.07) is 9.15. The van der Waals surface area contributed by atoms with Gasteiger partial charge in [0.2, 0.25) is 0 Å². The van der Waals surface area contributed by atoms with Crippen LogP contribution in [-0.2, 0) is 12.0 Å². The van der Waals surface area contributed by atoms with E-state index in [-0.39, 0.29) is 29.5 Å². The lowest BCUT2D eigenvalue weighted by Crippen LogP contribution is -2.30. The fraction of sp³-hybridized carbons (Fsp3) is 0.429. The number of anilines is 1. The number of nitriles is 1. The number of ether oxygens (including phenoxy) is 2. The number of hydrogen-bond acceptors (Lipinski definition) is 7. The molecule has 9 heteroatoms. The largest absolute Gasteiger partial charge is 0.494 e. The molecular weight excluding hydrogens is 470 g/mol. The SMILES string of the molecule is CCOc1cc2c(cc1C(=O)NC)C(=N)N(CC(=O)c1cc(NCCC#N)c(OC)c(C(C)(C)C)c1)C2. The van der Waals surface area contributed by atoms with E-state index >= 15 is 0 Å². The second-order valence-electron chi connectivity index (χ2n) is 9.84. The van der Waals surface area contributed by atoms with Crippen LogP contribution in [0.1, 0.15) is 71.5 Å². The maximum Gasteiger partial charge on any atom is 0.254 e. The highest BCUT2D eigenvalue weighted by atomic mass is 16.5. The van der Waals surface area contributed by atoms with E-state index in [1.165, 1.54) is 0 Å². The zero-order valence-electron chi connectivity index (χ0n) is 22.4. The number of Topliss-reactive ketones (excluding diaryl/α,β-unsaturated/α-hetero) is 1. The van der Waals surface area contributed by atoms with E-state index < -0.39 is 0 Å². The molecule has 0 fully saturated rings. The molecule has 1 aliphatic rings. The van der Waals surface area contributed by atoms with E-state index in [9.17, 15) is 9.59 Å². The number of nitrogens with one attached hydrogen (secondary N) is 3. The zero-order valence-corrected chi connectivity index (χ0v) is 22.4. The summed E-state index contributed by atoms with van der Waals surface area (Å²) in [5.41, 5.74) is 3.53. The fourth-order valence-electron chi connectivity index (χ4n) is 4.37. The molecule has 0 unspecified atom stereocenters. The van der Waals surface area contributed by atoms with Crippen molar-refractivity contribution in [3.63, 3.8) is 0 Å². The predicted molar refractivity (Wildman–Crippen MR) is 143 cm³/mol. The summed E-state index contributed by atoms with van der Waals surface area (Å²) >= 11 is 0. The average Bonchev–Trinajstić information content (AvgIpc) is 3.16. The Hall–Kier alpha value is -4.06. The first-order chi connectivity index (χ1) is 17.5. The number of ketones is 1. The van der Waals surface area contributed by atoms with E-state index in [2.05, 4.69) is 16.7 Å². The third-order valence-electron chi connectivity index (χ3n) is 6.22. The van der Waals surface area contributed by atoms with Gasteiger partial charge < -0.3 is 25.0 Å². The third-order valence-corrected chi connectivity index (χ3v) is 6.22. The molecule has 2 aromatic rings. The van der Waals surface area contributed by atoms with Crippen LogP contribution in [0.25, 0.3) is 0 Å². The zero-order chi connectivity index (χ0) is 27.3. The first-order valence-corrected chi connectivity index (χ1v) is 12.3. The van der Waals surface area contributed by atoms with Gasteiger partial charge >= 0.3 is 0 Å². The first kappa shape index (κ1) is 27.5. The van der Waals surface area contributed by atoms with Gasteiger partial charge in [0.25, 0.3) is 5.91 Å². The number of methoxy groups -OCH3 is 1. The smallest absolute Gasteiger partial charge is 0.254 e. The highest BCUT2D eigenvalue weighted by Gasteiger charge is 2.30. The first-order valence-electron chi connectivity index (χ1n) is 12.3. The summed E-state index contributed by atoms with van der Waals surface area (Å²) in [4.78, 5) is 27.6. The second kappa shape index (κ2) is 11.3. The highest BCUT2D eigenvalue weighted by molar-refractivity contribution is 6.08. The molecule has 0 saturated carbocycles. The van der Waals surface area contributed by atoms with Crippen LogP contribution in [0.15, 0.2) is 24.3 Å². The Morgan fingerprint density at radius 2 is 1.95 bits per heavy atom. The van der Waals surface area contributed by atoms with Gasteiger partial charge in [-0.25, -0.2) is 0 Å². The molecule has 0 aromatic heterocycles. The minimum atomic E-state index is -0.296. The topological polar surface area (TPSA) is 128 Å². The van der Waals surface area contributed by atoms with E-state index in [1.807, 2.05) is 33.8 Å². The van der Waals surface area contributed by atoms with Gasteiger partial charge in [-0.15, -0.1) is 0 Å². The van der Waals surface area contributed by atoms with Crippen molar-refractivity contribution >= 4 is 23.2 Å². The van der Waals surface area contributed by atoms with Crippen LogP contribution in [0.2, 0.25) is 0 Å². The van der Waals surface area contributed by atoms with Crippen molar-refractivity contribution in [3.8, 4) is 17.6 Å². The molecule has 196 valence electrons. The molecule has 9 nitrogen and oxygen atoms in total. The number of hydrogen-bond donors (Lipinski definition) is 3. The molecule has 0 spiro atoms. The molecule has 0 saturated heterocycles. The van der Waals surface area contributed by atoms with Crippen LogP contribution in [0.5, 0.6) is 11.5 Å². The molecule has 1 heterocycles. The van der Waals surface area contributed by atoms with Gasteiger partial charge in [0.15, 0.2) is 5.78 Å². The second-order valence-corrected chi connectivity index (χ2v) is 9.84. The lowest BCUT2D eigenvalue weighted by atomic mass is 9.84. The molecule has 0 bridgehead atoms. The lowest BCUT2D eigenvalue weighted by molar-refractivity contribution is 0.0953. The van der Waals surface area contributed by atoms with E-state index in [1.54, 1.807) is 37.3 Å². The summed E-state index contributed by atoms with van der Waals surface area (Å²) in [6.07, 6.45) is 0.317. The summed E-state index contributed by atoms with van der Waals surface area (Å²) in [5, 5.41) is 23.5. The molecule has 0 radical (unpaired) electrons. The van der Waals surface area contributed by atoms with Crippen LogP contribution in [0.4, 0.5) is 5.69 Å². The van der Waals surface area contributed by atoms with Gasteiger partial charge in [0, 0.05) is 36.8 Å². The van der Waals surface area contributed by atoms with Crippen molar-refractivity contribution in [2.75, 3.05) is 39.2 Å². The number of rotatable bonds is 10. The quantitative estimate of drug-likeness (QED) is 0.328. The van der Waals surface area contributed by atoms with Crippen LogP contribution >= 0.6 is 0 Å². The molecule has 2 aromatic carbocycles. The van der Waals surface area contributed by atoms with Gasteiger partial charge in [0.05, 0.1) is 44.0 Å². The van der Waals surface area contributed by atoms with E-state index in [0.29, 0.717) is 60.0 Å². The summed E-state index contributed by atoms with van der Waals surface area (Å²) < 4.78 is 11.4. The van der Waals surface area contributed by atoms with Crippen LogP contribution in [0.3, 0.4) is 0 Å². The Morgan fingerprint density at radius 1 is 1.22 bits per heavy atom. The standard InChI is InChI=1S/C28H35N5O4/c1-7-37-24-13-18-15-33(26(30)19(18)14-20(24)27(35)31-5)16-23(34)17-11-21(28(2,3)4)25(36-6)22(12-17)32-10-8-9-29/h11-14,30,32H,7-8,10,15-16H2,1-6H3,(H,31,35). The Bertz CT molecular complexity index is 1260. The molecule has 0 atom stereocenters. The highest BCUT2D eigenvalue weighted by Crippen LogP contribution is 2.39. The van der Waals surface area contributed by atoms with Gasteiger partial charge in [-0.1, -0.05) is 20.8 Å². The van der Waals surface area contributed by atoms with Gasteiger partial charge in [-0.05, 0) is 42.2 Å². The van der Waals surface area contributed by atoms with Crippen molar-refractivity contribution in [1.82, 2.24) is 10.2 Å². The maximum atomic E-state index is 13.5. The summed E-state index contributed by atoms with van der Waals surface area (Å²) in [7, 11) is 3.14. The van der Waals surface area contributed by atoms with Gasteiger partial charge in [0.1, 0.15) is 17.3 Å². The molecule has 3 N–H and O–H groups in total. The number of benzene rings is 2. The average molecular weight is 506 g/mol. The fourth-order valence-corrected chi connectivity index (χ4v) is 4.37. The Labute approximate surface area is 218 Å². The van der Waals surface area contributed by atoms with Crippen molar-refractivity contribution in [1.29, 1.82) is 10.7 Å². The molecule has 0 aliphatic carbocycles. The number of amides is 1. The molecular formula is C28H35N5O4. The van der Waals surface area contributed by atoms with Gasteiger partial charge in [-0.3, -0.25) is 15.0 Å². The minimum absolute atomic E-state index is 0.000334. The minimum Gasteiger partial charge on any atom is -0.494 e. The van der Waals surface area contributed by atoms with Crippen LogP contribution in [-0.4, -0.2) is 56.3 Å². The van der Waals surface area contributed by atoms with Crippen molar-refractivity contribution in [2.45, 2.75) is 46.1 Å². The van der Waals surface area contributed by atoms with Gasteiger partial charge in [-0.2, -0.15) is 5.26 Å². The van der Waals surface area contributed by atoms with E-state index in [0.717, 1.165) is 11.1 Å². The Kier molecular flexibility index (Phi) is 8.43. The number of nitrogens with zero attached hydrogens (tertiary/aromatic N) is 2. The third kappa shape index (κ3) is 5.85. The Balaban J connectivity index is 1.93. The van der Waals surface area contributed by atoms with Crippen molar-refractivity contribution < 1.29 is 19.1 Å². The number of carbonyl (C=O) groups excluding carboxylic acids is 2. The predicted octanol–water partition coefficient (Wildman–Crippen LogP) is 4.10. The molecule has 1 amide bonds. The maximum absolute atomic E-state index is 13.5. The van der Waals surface area contributed by atoms with Crippen LogP contribution < -0.4 is 20.1 Å². The number of carbonyl (C=O) groups is 2. The van der Waals surface area contributed by atoms with E-state index in [4.69, 9.17) is 20.1 Å². The van der Waals surface area contributed by atoms with Crippen LogP contribution in [0, 0.1) is 16.7 Å². The number of amidine groups is 1.